The largest absolute Gasteiger partial charge is 0.368 e. The van der Waals surface area contributed by atoms with E-state index in [4.69, 9.17) is 17.3 Å². The molecule has 0 unspecified atom stereocenters. The molecule has 0 saturated carbocycles. The molecule has 178 valence electrons. The van der Waals surface area contributed by atoms with Crippen LogP contribution in [0.5, 0.6) is 0 Å². The van der Waals surface area contributed by atoms with Gasteiger partial charge in [0.2, 0.25) is 5.91 Å². The summed E-state index contributed by atoms with van der Waals surface area (Å²) >= 11 is 7.14. The van der Waals surface area contributed by atoms with Crippen LogP contribution in [0.25, 0.3) is 0 Å². The molecular weight excluding hydrogens is 494 g/mol. The minimum absolute atomic E-state index is 0.0166. The van der Waals surface area contributed by atoms with E-state index in [0.717, 1.165) is 11.1 Å². The van der Waals surface area contributed by atoms with Gasteiger partial charge < -0.3 is 16.0 Å². The number of hydrogen-bond donors (Lipinski definition) is 3. The molecule has 1 heterocycles. The van der Waals surface area contributed by atoms with E-state index in [2.05, 4.69) is 21.6 Å². The topological polar surface area (TPSA) is 117 Å². The molecule has 2 aromatic carbocycles. The lowest BCUT2D eigenvalue weighted by Crippen LogP contribution is -2.32. The number of carbonyl (C=O) groups is 1. The first-order valence-electron chi connectivity index (χ1n) is 10.0. The molecule has 0 fully saturated rings. The molecule has 8 nitrogen and oxygen atoms in total. The number of sulfonamides is 1. The molecule has 34 heavy (non-hydrogen) atoms. The number of hydrogen-bond acceptors (Lipinski definition) is 7. The maximum Gasteiger partial charge on any atom is 0.263 e. The summed E-state index contributed by atoms with van der Waals surface area (Å²) in [5.74, 6) is 0.0856. The van der Waals surface area contributed by atoms with Gasteiger partial charge in [-0.15, -0.1) is 11.3 Å². The van der Waals surface area contributed by atoms with E-state index in [1.165, 1.54) is 29.7 Å². The molecule has 11 heteroatoms. The third kappa shape index (κ3) is 7.34. The van der Waals surface area contributed by atoms with E-state index in [9.17, 15) is 13.2 Å². The summed E-state index contributed by atoms with van der Waals surface area (Å²) in [6, 6.07) is 13.7. The number of nitrogens with two attached hydrogens (primary N) is 1. The average Bonchev–Trinajstić information content (AvgIpc) is 3.27. The van der Waals surface area contributed by atoms with Gasteiger partial charge >= 0.3 is 0 Å². The van der Waals surface area contributed by atoms with Crippen LogP contribution in [-0.2, 0) is 21.2 Å². The Morgan fingerprint density at radius 1 is 1.21 bits per heavy atom. The molecule has 0 saturated heterocycles. The van der Waals surface area contributed by atoms with Crippen molar-refractivity contribution in [2.45, 2.75) is 11.3 Å². The number of primary amides is 1. The van der Waals surface area contributed by atoms with Crippen LogP contribution in [0.3, 0.4) is 0 Å². The molecule has 0 aliphatic heterocycles. The minimum Gasteiger partial charge on any atom is -0.368 e. The van der Waals surface area contributed by atoms with Crippen LogP contribution in [-0.4, -0.2) is 37.8 Å². The number of aromatic nitrogens is 1. The van der Waals surface area contributed by atoms with Crippen molar-refractivity contribution < 1.29 is 13.2 Å². The van der Waals surface area contributed by atoms with Crippen molar-refractivity contribution in [3.8, 4) is 0 Å². The number of nitrogens with zero attached hydrogens (tertiary/aromatic N) is 2. The van der Waals surface area contributed by atoms with Crippen molar-refractivity contribution in [1.82, 2.24) is 9.88 Å². The summed E-state index contributed by atoms with van der Waals surface area (Å²) in [7, 11) is -2.04. The quantitative estimate of drug-likeness (QED) is 0.330. The number of anilines is 2. The van der Waals surface area contributed by atoms with Crippen LogP contribution < -0.4 is 15.8 Å². The number of rotatable bonds is 11. The zero-order valence-electron chi connectivity index (χ0n) is 18.4. The third-order valence-corrected chi connectivity index (χ3v) is 7.01. The summed E-state index contributed by atoms with van der Waals surface area (Å²) in [6.45, 7) is 4.10. The highest BCUT2D eigenvalue weighted by Crippen LogP contribution is 2.21. The first-order chi connectivity index (χ1) is 16.1. The van der Waals surface area contributed by atoms with Crippen LogP contribution in [0, 0.1) is 0 Å². The predicted molar refractivity (Wildman–Crippen MR) is 137 cm³/mol. The van der Waals surface area contributed by atoms with Crippen LogP contribution in [0.4, 0.5) is 10.8 Å². The van der Waals surface area contributed by atoms with Gasteiger partial charge in [0.15, 0.2) is 5.13 Å². The van der Waals surface area contributed by atoms with E-state index >= 15 is 0 Å². The van der Waals surface area contributed by atoms with Crippen LogP contribution in [0.15, 0.2) is 89.1 Å². The van der Waals surface area contributed by atoms with E-state index in [1.807, 2.05) is 30.3 Å². The number of halogens is 1. The normalized spacial score (nSPS) is 11.6. The molecule has 1 amide bonds. The predicted octanol–water partition coefficient (Wildman–Crippen LogP) is 4.07. The Balaban J connectivity index is 1.77. The molecular formula is C23H24ClN5O3S2. The second-order valence-electron chi connectivity index (χ2n) is 7.41. The minimum atomic E-state index is -3.76. The summed E-state index contributed by atoms with van der Waals surface area (Å²) in [6.07, 6.45) is 3.91. The average molecular weight is 518 g/mol. The lowest BCUT2D eigenvalue weighted by molar-refractivity contribution is -0.118. The Labute approximate surface area is 207 Å². The van der Waals surface area contributed by atoms with Crippen molar-refractivity contribution in [1.29, 1.82) is 0 Å². The van der Waals surface area contributed by atoms with Gasteiger partial charge in [0.25, 0.3) is 10.0 Å². The van der Waals surface area contributed by atoms with E-state index in [0.29, 0.717) is 28.1 Å². The Bertz CT molecular complexity index is 1270. The van der Waals surface area contributed by atoms with Gasteiger partial charge in [0, 0.05) is 29.3 Å². The van der Waals surface area contributed by atoms with E-state index < -0.39 is 15.9 Å². The highest BCUT2D eigenvalue weighted by molar-refractivity contribution is 7.93. The van der Waals surface area contributed by atoms with Gasteiger partial charge in [0.1, 0.15) is 5.82 Å². The molecule has 3 rings (SSSR count). The van der Waals surface area contributed by atoms with Gasteiger partial charge in [-0.25, -0.2) is 13.4 Å². The van der Waals surface area contributed by atoms with Crippen molar-refractivity contribution in [2.24, 2.45) is 5.73 Å². The molecule has 3 aromatic rings. The third-order valence-electron chi connectivity index (χ3n) is 4.58. The Morgan fingerprint density at radius 2 is 1.88 bits per heavy atom. The number of likely N-dealkylation sites (N-methyl/N-ethyl adjacent to an activating group) is 1. The fraction of sp³-hybridized carbons (Fsp3) is 0.130. The first kappa shape index (κ1) is 25.3. The van der Waals surface area contributed by atoms with Gasteiger partial charge in [-0.3, -0.25) is 9.52 Å². The molecule has 4 N–H and O–H groups in total. The van der Waals surface area contributed by atoms with E-state index in [-0.39, 0.29) is 11.4 Å². The summed E-state index contributed by atoms with van der Waals surface area (Å²) in [5, 5.41) is 5.83. The Kier molecular flexibility index (Phi) is 8.32. The zero-order chi connectivity index (χ0) is 24.7. The lowest BCUT2D eigenvalue weighted by Gasteiger charge is -2.23. The monoisotopic (exact) mass is 517 g/mol. The fourth-order valence-corrected chi connectivity index (χ4v) is 4.90. The first-order valence-corrected chi connectivity index (χ1v) is 12.8. The summed E-state index contributed by atoms with van der Waals surface area (Å²) in [5.41, 5.74) is 7.81. The van der Waals surface area contributed by atoms with Gasteiger partial charge in [0.05, 0.1) is 11.4 Å². The smallest absolute Gasteiger partial charge is 0.263 e. The maximum atomic E-state index is 12.5. The molecule has 1 aromatic heterocycles. The molecule has 0 radical (unpaired) electrons. The van der Waals surface area contributed by atoms with Crippen LogP contribution in [0.2, 0.25) is 5.02 Å². The number of allylic oxidation sites excluding steroid dienone is 2. The molecule has 0 aliphatic rings. The van der Waals surface area contributed by atoms with Crippen LogP contribution in [0.1, 0.15) is 5.56 Å². The number of benzene rings is 2. The second-order valence-corrected chi connectivity index (χ2v) is 10.4. The number of carbonyl (C=O) groups excluding carboxylic acids is 1. The molecule has 0 bridgehead atoms. The SMILES string of the molecule is C=C(/C=C(/Nc1ccc(S(=O)(=O)Nc2nccs2)cc1)N(C)CC(N)=O)Cc1ccc(Cl)cc1. The second kappa shape index (κ2) is 11.2. The fourth-order valence-electron chi connectivity index (χ4n) is 2.98. The van der Waals surface area contributed by atoms with Crippen molar-refractivity contribution in [3.63, 3.8) is 0 Å². The molecule has 0 atom stereocenters. The van der Waals surface area contributed by atoms with Gasteiger partial charge in [-0.1, -0.05) is 30.3 Å². The zero-order valence-corrected chi connectivity index (χ0v) is 20.8. The number of thiazole rings is 1. The van der Waals surface area contributed by atoms with E-state index in [1.54, 1.807) is 29.5 Å². The van der Waals surface area contributed by atoms with Gasteiger partial charge in [-0.2, -0.15) is 0 Å². The Morgan fingerprint density at radius 3 is 2.47 bits per heavy atom. The highest BCUT2D eigenvalue weighted by Gasteiger charge is 2.16. The number of amides is 1. The number of nitrogens with one attached hydrogen (secondary N) is 2. The van der Waals surface area contributed by atoms with Crippen molar-refractivity contribution >= 4 is 49.7 Å². The summed E-state index contributed by atoms with van der Waals surface area (Å²) in [4.78, 5) is 17.2. The van der Waals surface area contributed by atoms with Gasteiger partial charge in [-0.05, 0) is 60.0 Å². The molecule has 0 aliphatic carbocycles. The Hall–Kier alpha value is -3.34. The molecule has 0 spiro atoms. The van der Waals surface area contributed by atoms with Crippen molar-refractivity contribution in [2.75, 3.05) is 23.6 Å². The highest BCUT2D eigenvalue weighted by atomic mass is 35.5. The summed E-state index contributed by atoms with van der Waals surface area (Å²) < 4.78 is 27.5. The standard InChI is InChI=1S/C23H24ClN5O3S2/c1-16(13-17-3-5-18(24)6-4-17)14-22(29(2)15-21(25)30)27-19-7-9-20(10-8-19)34(31,32)28-23-26-11-12-33-23/h3-12,14,27H,1,13,15H2,2H3,(H2,25,30)(H,26,28)/b22-14-. The maximum absolute atomic E-state index is 12.5. The lowest BCUT2D eigenvalue weighted by atomic mass is 10.1. The van der Waals surface area contributed by atoms with Crippen molar-refractivity contribution in [3.05, 3.63) is 94.7 Å². The van der Waals surface area contributed by atoms with Crippen LogP contribution >= 0.6 is 22.9 Å².